The summed E-state index contributed by atoms with van der Waals surface area (Å²) < 4.78 is 32.5. The van der Waals surface area contributed by atoms with Gasteiger partial charge >= 0.3 is 5.97 Å². The number of nitriles is 1. The fourth-order valence-electron chi connectivity index (χ4n) is 3.31. The Hall–Kier alpha value is -2.69. The Balaban J connectivity index is 1.70. The molecule has 1 saturated heterocycles. The van der Waals surface area contributed by atoms with Gasteiger partial charge < -0.3 is 4.74 Å². The maximum absolute atomic E-state index is 12.8. The van der Waals surface area contributed by atoms with Crippen molar-refractivity contribution in [2.75, 3.05) is 6.54 Å². The first-order valence-corrected chi connectivity index (χ1v) is 10.6. The number of benzene rings is 2. The quantitative estimate of drug-likeness (QED) is 0.720. The highest BCUT2D eigenvalue weighted by Gasteiger charge is 2.30. The molecule has 2 aromatic carbocycles. The van der Waals surface area contributed by atoms with Crippen LogP contribution in [-0.2, 0) is 21.4 Å². The van der Waals surface area contributed by atoms with E-state index in [1.54, 1.807) is 24.3 Å². The fraction of sp³-hybridized carbons (Fsp3) is 0.333. The van der Waals surface area contributed by atoms with Crippen LogP contribution in [0.3, 0.4) is 0 Å². The number of carbonyl (C=O) groups excluding carboxylic acids is 1. The molecule has 0 aliphatic carbocycles. The molecule has 7 heteroatoms. The van der Waals surface area contributed by atoms with Crippen LogP contribution in [0.25, 0.3) is 0 Å². The van der Waals surface area contributed by atoms with E-state index < -0.39 is 16.0 Å². The zero-order valence-electron chi connectivity index (χ0n) is 15.7. The molecule has 0 aromatic heterocycles. The first-order chi connectivity index (χ1) is 13.4. The van der Waals surface area contributed by atoms with Crippen molar-refractivity contribution in [2.45, 2.75) is 43.7 Å². The molecule has 1 aliphatic heterocycles. The Morgan fingerprint density at radius 1 is 1.18 bits per heavy atom. The SMILES string of the molecule is C[C@H]1CCCCN1S(=O)(=O)c1ccc(C(=O)OCc2ccccc2C#N)cc1. The van der Waals surface area contributed by atoms with Gasteiger partial charge in [0, 0.05) is 18.2 Å². The largest absolute Gasteiger partial charge is 0.457 e. The number of hydrogen-bond donors (Lipinski definition) is 0. The summed E-state index contributed by atoms with van der Waals surface area (Å²) in [5.41, 5.74) is 1.34. The van der Waals surface area contributed by atoms with E-state index in [0.717, 1.165) is 19.3 Å². The summed E-state index contributed by atoms with van der Waals surface area (Å²) in [6.45, 7) is 2.42. The van der Waals surface area contributed by atoms with E-state index in [-0.39, 0.29) is 23.1 Å². The van der Waals surface area contributed by atoms with Crippen LogP contribution >= 0.6 is 0 Å². The van der Waals surface area contributed by atoms with E-state index in [2.05, 4.69) is 6.07 Å². The average Bonchev–Trinajstić information content (AvgIpc) is 2.72. The van der Waals surface area contributed by atoms with Crippen LogP contribution in [0.5, 0.6) is 0 Å². The number of nitrogens with zero attached hydrogens (tertiary/aromatic N) is 2. The second-order valence-corrected chi connectivity index (χ2v) is 8.72. The highest BCUT2D eigenvalue weighted by atomic mass is 32.2. The highest BCUT2D eigenvalue weighted by molar-refractivity contribution is 7.89. The van der Waals surface area contributed by atoms with Gasteiger partial charge in [-0.25, -0.2) is 13.2 Å². The molecule has 0 spiro atoms. The van der Waals surface area contributed by atoms with Crippen LogP contribution < -0.4 is 0 Å². The zero-order chi connectivity index (χ0) is 20.1. The van der Waals surface area contributed by atoms with E-state index in [1.807, 2.05) is 6.92 Å². The fourth-order valence-corrected chi connectivity index (χ4v) is 5.01. The first-order valence-electron chi connectivity index (χ1n) is 9.20. The van der Waals surface area contributed by atoms with Crippen molar-refractivity contribution in [2.24, 2.45) is 0 Å². The number of carbonyl (C=O) groups is 1. The molecule has 0 saturated carbocycles. The maximum atomic E-state index is 12.8. The van der Waals surface area contributed by atoms with Crippen molar-refractivity contribution in [1.29, 1.82) is 5.26 Å². The summed E-state index contributed by atoms with van der Waals surface area (Å²) in [4.78, 5) is 12.4. The molecule has 0 radical (unpaired) electrons. The Labute approximate surface area is 165 Å². The highest BCUT2D eigenvalue weighted by Crippen LogP contribution is 2.25. The molecule has 0 bridgehead atoms. The van der Waals surface area contributed by atoms with E-state index in [9.17, 15) is 13.2 Å². The molecule has 3 rings (SSSR count). The third kappa shape index (κ3) is 4.24. The van der Waals surface area contributed by atoms with Gasteiger partial charge in [-0.1, -0.05) is 24.6 Å². The van der Waals surface area contributed by atoms with Crippen molar-refractivity contribution < 1.29 is 17.9 Å². The summed E-state index contributed by atoms with van der Waals surface area (Å²) >= 11 is 0. The van der Waals surface area contributed by atoms with Crippen molar-refractivity contribution >= 4 is 16.0 Å². The monoisotopic (exact) mass is 398 g/mol. The number of hydrogen-bond acceptors (Lipinski definition) is 5. The minimum atomic E-state index is -3.57. The molecule has 146 valence electrons. The molecule has 1 atom stereocenters. The lowest BCUT2D eigenvalue weighted by atomic mass is 10.1. The number of rotatable bonds is 5. The minimum Gasteiger partial charge on any atom is -0.457 e. The molecule has 6 nitrogen and oxygen atoms in total. The van der Waals surface area contributed by atoms with Crippen LogP contribution in [0, 0.1) is 11.3 Å². The average molecular weight is 398 g/mol. The zero-order valence-corrected chi connectivity index (χ0v) is 16.5. The Kier molecular flexibility index (Phi) is 6.12. The second-order valence-electron chi connectivity index (χ2n) is 6.83. The van der Waals surface area contributed by atoms with Gasteiger partial charge in [-0.2, -0.15) is 9.57 Å². The molecule has 1 heterocycles. The van der Waals surface area contributed by atoms with Gasteiger partial charge in [-0.3, -0.25) is 0 Å². The minimum absolute atomic E-state index is 0.0199. The van der Waals surface area contributed by atoms with Crippen molar-refractivity contribution in [3.05, 3.63) is 65.2 Å². The van der Waals surface area contributed by atoms with Gasteiger partial charge in [0.15, 0.2) is 0 Å². The topological polar surface area (TPSA) is 87.5 Å². The predicted octanol–water partition coefficient (Wildman–Crippen LogP) is 3.48. The van der Waals surface area contributed by atoms with E-state index in [0.29, 0.717) is 17.7 Å². The smallest absolute Gasteiger partial charge is 0.338 e. The maximum Gasteiger partial charge on any atom is 0.338 e. The molecule has 0 unspecified atom stereocenters. The summed E-state index contributed by atoms with van der Waals surface area (Å²) in [6, 6.07) is 14.7. The normalized spacial score (nSPS) is 17.6. The molecular weight excluding hydrogens is 376 g/mol. The van der Waals surface area contributed by atoms with Gasteiger partial charge in [0.05, 0.1) is 22.1 Å². The van der Waals surface area contributed by atoms with Gasteiger partial charge in [0.25, 0.3) is 0 Å². The summed E-state index contributed by atoms with van der Waals surface area (Å²) in [6.07, 6.45) is 2.75. The third-order valence-corrected chi connectivity index (χ3v) is 6.96. The van der Waals surface area contributed by atoms with Gasteiger partial charge in [-0.15, -0.1) is 0 Å². The Bertz CT molecular complexity index is 994. The van der Waals surface area contributed by atoms with Crippen molar-refractivity contribution in [3.8, 4) is 6.07 Å². The van der Waals surface area contributed by atoms with Crippen molar-refractivity contribution in [1.82, 2.24) is 4.31 Å². The number of sulfonamides is 1. The van der Waals surface area contributed by atoms with E-state index in [1.165, 1.54) is 28.6 Å². The van der Waals surface area contributed by atoms with E-state index in [4.69, 9.17) is 10.00 Å². The van der Waals surface area contributed by atoms with Gasteiger partial charge in [0.1, 0.15) is 6.61 Å². The molecular formula is C21H22N2O4S. The van der Waals surface area contributed by atoms with Crippen molar-refractivity contribution in [3.63, 3.8) is 0 Å². The first kappa shape index (κ1) is 20.1. The van der Waals surface area contributed by atoms with Crippen LogP contribution in [-0.4, -0.2) is 31.3 Å². The second kappa shape index (κ2) is 8.55. The van der Waals surface area contributed by atoms with Gasteiger partial charge in [-0.05, 0) is 50.1 Å². The molecule has 0 N–H and O–H groups in total. The number of esters is 1. The predicted molar refractivity (Wildman–Crippen MR) is 104 cm³/mol. The summed E-state index contributed by atoms with van der Waals surface area (Å²) in [5.74, 6) is -0.567. The summed E-state index contributed by atoms with van der Waals surface area (Å²) in [5, 5.41) is 9.08. The standard InChI is InChI=1S/C21H22N2O4S/c1-16-6-4-5-13-23(16)28(25,26)20-11-9-17(10-12-20)21(24)27-15-19-8-3-2-7-18(19)14-22/h2-3,7-12,16H,4-6,13,15H2,1H3/t16-/m0/s1. The molecule has 1 aliphatic rings. The lowest BCUT2D eigenvalue weighted by Gasteiger charge is -2.32. The summed E-state index contributed by atoms with van der Waals surface area (Å²) in [7, 11) is -3.57. The lowest BCUT2D eigenvalue weighted by Crippen LogP contribution is -2.41. The Morgan fingerprint density at radius 3 is 2.57 bits per heavy atom. The molecule has 2 aromatic rings. The number of ether oxygens (including phenoxy) is 1. The van der Waals surface area contributed by atoms with Gasteiger partial charge in [0.2, 0.25) is 10.0 Å². The van der Waals surface area contributed by atoms with Crippen LogP contribution in [0.2, 0.25) is 0 Å². The van der Waals surface area contributed by atoms with Crippen LogP contribution in [0.4, 0.5) is 0 Å². The molecule has 1 fully saturated rings. The molecule has 0 amide bonds. The lowest BCUT2D eigenvalue weighted by molar-refractivity contribution is 0.0472. The Morgan fingerprint density at radius 2 is 1.89 bits per heavy atom. The molecule has 28 heavy (non-hydrogen) atoms. The number of piperidine rings is 1. The third-order valence-electron chi connectivity index (χ3n) is 4.94. The van der Waals surface area contributed by atoms with Crippen LogP contribution in [0.1, 0.15) is 47.7 Å². The van der Waals surface area contributed by atoms with E-state index >= 15 is 0 Å². The van der Waals surface area contributed by atoms with Crippen LogP contribution in [0.15, 0.2) is 53.4 Å².